The topological polar surface area (TPSA) is 44.1 Å². The number of ketones is 1. The number of rotatable bonds is 3. The van der Waals surface area contributed by atoms with E-state index < -0.39 is 0 Å². The van der Waals surface area contributed by atoms with Gasteiger partial charge in [-0.25, -0.2) is 4.68 Å². The molecule has 0 aliphatic heterocycles. The van der Waals surface area contributed by atoms with Gasteiger partial charge in [0, 0.05) is 5.02 Å². The van der Waals surface area contributed by atoms with Gasteiger partial charge < -0.3 is 4.74 Å². The fourth-order valence-electron chi connectivity index (χ4n) is 1.67. The molecule has 1 aromatic heterocycles. The maximum absolute atomic E-state index is 11.1. The Kier molecular flexibility index (Phi) is 3.26. The highest BCUT2D eigenvalue weighted by atomic mass is 35.5. The molecule has 0 atom stereocenters. The number of Topliss-reactive ketones (excluding diaryl/α,β-unsaturated/α-hetero) is 1. The van der Waals surface area contributed by atoms with Gasteiger partial charge in [-0.2, -0.15) is 5.10 Å². The first kappa shape index (κ1) is 12.2. The zero-order chi connectivity index (χ0) is 12.6. The number of nitrogens with zero attached hydrogens (tertiary/aromatic N) is 2. The van der Waals surface area contributed by atoms with Crippen LogP contribution in [0.1, 0.15) is 6.92 Å². The Morgan fingerprint density at radius 1 is 1.47 bits per heavy atom. The van der Waals surface area contributed by atoms with Crippen LogP contribution in [-0.2, 0) is 11.3 Å². The Hall–Kier alpha value is -1.26. The van der Waals surface area contributed by atoms with Gasteiger partial charge in [-0.3, -0.25) is 4.79 Å². The van der Waals surface area contributed by atoms with Crippen LogP contribution >= 0.6 is 23.2 Å². The lowest BCUT2D eigenvalue weighted by Crippen LogP contribution is -2.09. The summed E-state index contributed by atoms with van der Waals surface area (Å²) in [7, 11) is 1.52. The van der Waals surface area contributed by atoms with Crippen LogP contribution in [-0.4, -0.2) is 22.7 Å². The van der Waals surface area contributed by atoms with E-state index in [2.05, 4.69) is 5.10 Å². The van der Waals surface area contributed by atoms with Gasteiger partial charge >= 0.3 is 0 Å². The highest BCUT2D eigenvalue weighted by Crippen LogP contribution is 2.33. The van der Waals surface area contributed by atoms with Crippen molar-refractivity contribution >= 4 is 39.9 Å². The van der Waals surface area contributed by atoms with Crippen molar-refractivity contribution < 1.29 is 9.53 Å². The fraction of sp³-hybridized carbons (Fsp3) is 0.273. The summed E-state index contributed by atoms with van der Waals surface area (Å²) in [6.07, 6.45) is 0. The third-order valence-electron chi connectivity index (χ3n) is 2.28. The molecule has 4 nitrogen and oxygen atoms in total. The van der Waals surface area contributed by atoms with Crippen LogP contribution in [0.25, 0.3) is 10.9 Å². The van der Waals surface area contributed by atoms with E-state index in [1.165, 1.54) is 18.7 Å². The maximum Gasteiger partial charge on any atom is 0.220 e. The van der Waals surface area contributed by atoms with Gasteiger partial charge in [0.25, 0.3) is 0 Å². The minimum Gasteiger partial charge on any atom is -0.481 e. The van der Waals surface area contributed by atoms with Gasteiger partial charge in [-0.1, -0.05) is 23.2 Å². The van der Waals surface area contributed by atoms with E-state index in [4.69, 9.17) is 27.9 Å². The van der Waals surface area contributed by atoms with Crippen molar-refractivity contribution in [3.05, 3.63) is 22.2 Å². The second-order valence-corrected chi connectivity index (χ2v) is 4.50. The molecule has 0 bridgehead atoms. The lowest BCUT2D eigenvalue weighted by Gasteiger charge is -2.03. The zero-order valence-electron chi connectivity index (χ0n) is 9.33. The van der Waals surface area contributed by atoms with Crippen molar-refractivity contribution in [1.29, 1.82) is 0 Å². The minimum atomic E-state index is -0.0154. The minimum absolute atomic E-state index is 0.0154. The summed E-state index contributed by atoms with van der Waals surface area (Å²) < 4.78 is 6.72. The summed E-state index contributed by atoms with van der Waals surface area (Å²) in [5, 5.41) is 5.89. The van der Waals surface area contributed by atoms with Gasteiger partial charge in [0.05, 0.1) is 17.5 Å². The zero-order valence-corrected chi connectivity index (χ0v) is 10.8. The SMILES string of the molecule is COc1c2cc(Cl)cc(Cl)c2nn1CC(C)=O. The average molecular weight is 273 g/mol. The largest absolute Gasteiger partial charge is 0.481 e. The molecule has 0 unspecified atom stereocenters. The third-order valence-corrected chi connectivity index (χ3v) is 2.79. The predicted octanol–water partition coefficient (Wildman–Crippen LogP) is 2.94. The van der Waals surface area contributed by atoms with E-state index in [9.17, 15) is 4.79 Å². The van der Waals surface area contributed by atoms with Crippen LogP contribution in [0.3, 0.4) is 0 Å². The number of hydrogen-bond donors (Lipinski definition) is 0. The van der Waals surface area contributed by atoms with Crippen molar-refractivity contribution in [2.24, 2.45) is 0 Å². The van der Waals surface area contributed by atoms with Crippen LogP contribution in [0.5, 0.6) is 5.88 Å². The lowest BCUT2D eigenvalue weighted by molar-refractivity contribution is -0.117. The van der Waals surface area contributed by atoms with Gasteiger partial charge in [-0.15, -0.1) is 0 Å². The molecule has 2 rings (SSSR count). The Labute approximate surface area is 108 Å². The highest BCUT2D eigenvalue weighted by molar-refractivity contribution is 6.38. The number of hydrogen-bond acceptors (Lipinski definition) is 3. The molecule has 0 aliphatic carbocycles. The number of carbonyl (C=O) groups excluding carboxylic acids is 1. The maximum atomic E-state index is 11.1. The molecule has 0 saturated carbocycles. The van der Waals surface area contributed by atoms with Crippen LogP contribution in [0.4, 0.5) is 0 Å². The second-order valence-electron chi connectivity index (χ2n) is 3.65. The number of benzene rings is 1. The number of fused-ring (bicyclic) bond motifs is 1. The average Bonchev–Trinajstić information content (AvgIpc) is 2.54. The van der Waals surface area contributed by atoms with E-state index in [0.717, 1.165) is 0 Å². The molecule has 0 radical (unpaired) electrons. The van der Waals surface area contributed by atoms with Crippen molar-refractivity contribution in [2.45, 2.75) is 13.5 Å². The van der Waals surface area contributed by atoms with Gasteiger partial charge in [0.1, 0.15) is 12.1 Å². The first-order valence-electron chi connectivity index (χ1n) is 4.92. The molecule has 17 heavy (non-hydrogen) atoms. The molecule has 0 fully saturated rings. The summed E-state index contributed by atoms with van der Waals surface area (Å²) in [6, 6.07) is 3.32. The molecule has 2 aromatic rings. The Bertz CT molecular complexity index is 593. The molecule has 0 N–H and O–H groups in total. The molecular weight excluding hydrogens is 263 g/mol. The quantitative estimate of drug-likeness (QED) is 0.863. The molecule has 6 heteroatoms. The summed E-state index contributed by atoms with van der Waals surface area (Å²) in [4.78, 5) is 11.1. The molecule has 90 valence electrons. The van der Waals surface area contributed by atoms with Crippen molar-refractivity contribution in [3.63, 3.8) is 0 Å². The summed E-state index contributed by atoms with van der Waals surface area (Å²) in [5.41, 5.74) is 0.578. The molecule has 1 aromatic carbocycles. The highest BCUT2D eigenvalue weighted by Gasteiger charge is 2.15. The summed E-state index contributed by atoms with van der Waals surface area (Å²) in [5.74, 6) is 0.470. The van der Waals surface area contributed by atoms with Gasteiger partial charge in [0.2, 0.25) is 5.88 Å². The predicted molar refractivity (Wildman–Crippen MR) is 67.0 cm³/mol. The summed E-state index contributed by atoms with van der Waals surface area (Å²) in [6.45, 7) is 1.63. The first-order valence-corrected chi connectivity index (χ1v) is 5.67. The van der Waals surface area contributed by atoms with Gasteiger partial charge in [-0.05, 0) is 19.1 Å². The van der Waals surface area contributed by atoms with E-state index in [1.807, 2.05) is 0 Å². The van der Waals surface area contributed by atoms with Crippen molar-refractivity contribution in [3.8, 4) is 5.88 Å². The fourth-order valence-corrected chi connectivity index (χ4v) is 2.20. The van der Waals surface area contributed by atoms with Crippen molar-refractivity contribution in [1.82, 2.24) is 9.78 Å². The number of ether oxygens (including phenoxy) is 1. The third kappa shape index (κ3) is 2.23. The lowest BCUT2D eigenvalue weighted by atomic mass is 10.2. The van der Waals surface area contributed by atoms with Crippen LogP contribution in [0.2, 0.25) is 10.0 Å². The number of methoxy groups -OCH3 is 1. The van der Waals surface area contributed by atoms with Crippen molar-refractivity contribution in [2.75, 3.05) is 7.11 Å². The molecule has 0 aliphatic rings. The number of carbonyl (C=O) groups is 1. The normalized spacial score (nSPS) is 10.8. The number of halogens is 2. The number of aromatic nitrogens is 2. The molecule has 0 amide bonds. The molecule has 0 saturated heterocycles. The second kappa shape index (κ2) is 4.55. The standard InChI is InChI=1S/C11H10Cl2N2O2/c1-6(16)5-15-11(17-2)8-3-7(12)4-9(13)10(8)14-15/h3-4H,5H2,1-2H3. The van der Waals surface area contributed by atoms with E-state index in [1.54, 1.807) is 12.1 Å². The smallest absolute Gasteiger partial charge is 0.220 e. The monoisotopic (exact) mass is 272 g/mol. The van der Waals surface area contributed by atoms with E-state index >= 15 is 0 Å². The van der Waals surface area contributed by atoms with E-state index in [-0.39, 0.29) is 12.3 Å². The Morgan fingerprint density at radius 3 is 2.76 bits per heavy atom. The molecular formula is C11H10Cl2N2O2. The van der Waals surface area contributed by atoms with Crippen LogP contribution in [0.15, 0.2) is 12.1 Å². The Balaban J connectivity index is 2.70. The molecule has 0 spiro atoms. The van der Waals surface area contributed by atoms with Crippen LogP contribution in [0, 0.1) is 0 Å². The van der Waals surface area contributed by atoms with Crippen LogP contribution < -0.4 is 4.74 Å². The van der Waals surface area contributed by atoms with E-state index in [0.29, 0.717) is 26.8 Å². The first-order chi connectivity index (χ1) is 8.02. The Morgan fingerprint density at radius 2 is 2.18 bits per heavy atom. The molecule has 1 heterocycles. The van der Waals surface area contributed by atoms with Gasteiger partial charge in [0.15, 0.2) is 5.78 Å². The summed E-state index contributed by atoms with van der Waals surface area (Å²) >= 11 is 12.0.